The Labute approximate surface area is 119 Å². The molecule has 0 radical (unpaired) electrons. The molecule has 2 N–H and O–H groups in total. The molecule has 0 saturated heterocycles. The SMILES string of the molecule is CC(NC[C@@H](O)c1ccc(Cl)cc1)c1ccccc1. The molecule has 2 rings (SSSR count). The van der Waals surface area contributed by atoms with E-state index in [1.54, 1.807) is 12.1 Å². The molecule has 0 heterocycles. The molecule has 0 fully saturated rings. The zero-order valence-corrected chi connectivity index (χ0v) is 11.6. The van der Waals surface area contributed by atoms with Gasteiger partial charge in [0, 0.05) is 17.6 Å². The minimum absolute atomic E-state index is 0.211. The lowest BCUT2D eigenvalue weighted by Gasteiger charge is -2.17. The molecule has 1 unspecified atom stereocenters. The van der Waals surface area contributed by atoms with Crippen LogP contribution in [0.3, 0.4) is 0 Å². The maximum atomic E-state index is 10.1. The molecule has 2 nitrogen and oxygen atoms in total. The van der Waals surface area contributed by atoms with E-state index in [0.29, 0.717) is 11.6 Å². The lowest BCUT2D eigenvalue weighted by molar-refractivity contribution is 0.171. The van der Waals surface area contributed by atoms with Gasteiger partial charge in [-0.05, 0) is 30.2 Å². The van der Waals surface area contributed by atoms with E-state index in [0.717, 1.165) is 5.56 Å². The van der Waals surface area contributed by atoms with Crippen LogP contribution in [0.5, 0.6) is 0 Å². The van der Waals surface area contributed by atoms with E-state index in [9.17, 15) is 5.11 Å². The molecule has 0 aliphatic rings. The van der Waals surface area contributed by atoms with Crippen LogP contribution in [-0.2, 0) is 0 Å². The van der Waals surface area contributed by atoms with Crippen molar-refractivity contribution in [2.24, 2.45) is 0 Å². The molecule has 0 aromatic heterocycles. The number of rotatable bonds is 5. The van der Waals surface area contributed by atoms with Crippen molar-refractivity contribution >= 4 is 11.6 Å². The minimum Gasteiger partial charge on any atom is -0.387 e. The summed E-state index contributed by atoms with van der Waals surface area (Å²) in [4.78, 5) is 0. The van der Waals surface area contributed by atoms with E-state index < -0.39 is 6.10 Å². The number of aliphatic hydroxyl groups is 1. The van der Waals surface area contributed by atoms with Gasteiger partial charge < -0.3 is 10.4 Å². The van der Waals surface area contributed by atoms with Crippen LogP contribution >= 0.6 is 11.6 Å². The van der Waals surface area contributed by atoms with Crippen molar-refractivity contribution in [3.63, 3.8) is 0 Å². The quantitative estimate of drug-likeness (QED) is 0.872. The molecule has 0 spiro atoms. The molecule has 0 aliphatic heterocycles. The molecular weight excluding hydrogens is 258 g/mol. The summed E-state index contributed by atoms with van der Waals surface area (Å²) < 4.78 is 0. The maximum absolute atomic E-state index is 10.1. The van der Waals surface area contributed by atoms with E-state index in [4.69, 9.17) is 11.6 Å². The van der Waals surface area contributed by atoms with Crippen molar-refractivity contribution in [2.45, 2.75) is 19.1 Å². The van der Waals surface area contributed by atoms with Crippen LogP contribution in [0.1, 0.15) is 30.2 Å². The Morgan fingerprint density at radius 1 is 1.00 bits per heavy atom. The zero-order valence-electron chi connectivity index (χ0n) is 10.9. The summed E-state index contributed by atoms with van der Waals surface area (Å²) in [7, 11) is 0. The Morgan fingerprint density at radius 2 is 1.63 bits per heavy atom. The molecule has 2 aromatic carbocycles. The highest BCUT2D eigenvalue weighted by Crippen LogP contribution is 2.17. The highest BCUT2D eigenvalue weighted by Gasteiger charge is 2.10. The average molecular weight is 276 g/mol. The van der Waals surface area contributed by atoms with Gasteiger partial charge in [-0.1, -0.05) is 54.1 Å². The van der Waals surface area contributed by atoms with Crippen LogP contribution in [0.2, 0.25) is 5.02 Å². The van der Waals surface area contributed by atoms with Gasteiger partial charge in [-0.15, -0.1) is 0 Å². The number of benzene rings is 2. The summed E-state index contributed by atoms with van der Waals surface area (Å²) in [5.41, 5.74) is 2.09. The largest absolute Gasteiger partial charge is 0.387 e. The number of nitrogens with one attached hydrogen (secondary N) is 1. The topological polar surface area (TPSA) is 32.3 Å². The van der Waals surface area contributed by atoms with Gasteiger partial charge in [0.05, 0.1) is 6.10 Å². The van der Waals surface area contributed by atoms with Crippen molar-refractivity contribution < 1.29 is 5.11 Å². The Hall–Kier alpha value is -1.35. The molecule has 0 amide bonds. The van der Waals surface area contributed by atoms with Gasteiger partial charge in [0.15, 0.2) is 0 Å². The molecule has 19 heavy (non-hydrogen) atoms. The first-order valence-electron chi connectivity index (χ1n) is 6.38. The van der Waals surface area contributed by atoms with E-state index in [-0.39, 0.29) is 6.04 Å². The Morgan fingerprint density at radius 3 is 2.26 bits per heavy atom. The molecule has 3 heteroatoms. The molecule has 0 saturated carbocycles. The Bertz CT molecular complexity index is 498. The van der Waals surface area contributed by atoms with Crippen molar-refractivity contribution in [1.82, 2.24) is 5.32 Å². The number of aliphatic hydroxyl groups excluding tert-OH is 1. The molecule has 2 aromatic rings. The maximum Gasteiger partial charge on any atom is 0.0914 e. The monoisotopic (exact) mass is 275 g/mol. The van der Waals surface area contributed by atoms with Crippen molar-refractivity contribution in [1.29, 1.82) is 0 Å². The predicted octanol–water partition coefficient (Wildman–Crippen LogP) is 3.72. The normalized spacial score (nSPS) is 14.1. The van der Waals surface area contributed by atoms with Crippen LogP contribution in [-0.4, -0.2) is 11.7 Å². The van der Waals surface area contributed by atoms with E-state index in [1.807, 2.05) is 30.3 Å². The fourth-order valence-corrected chi connectivity index (χ4v) is 2.08. The van der Waals surface area contributed by atoms with E-state index >= 15 is 0 Å². The molecule has 0 aliphatic carbocycles. The fraction of sp³-hybridized carbons (Fsp3) is 0.250. The summed E-state index contributed by atoms with van der Waals surface area (Å²) in [5, 5.41) is 14.1. The van der Waals surface area contributed by atoms with Crippen molar-refractivity contribution in [2.75, 3.05) is 6.54 Å². The van der Waals surface area contributed by atoms with Gasteiger partial charge in [0.25, 0.3) is 0 Å². The summed E-state index contributed by atoms with van der Waals surface area (Å²) >= 11 is 5.83. The minimum atomic E-state index is -0.525. The highest BCUT2D eigenvalue weighted by molar-refractivity contribution is 6.30. The Balaban J connectivity index is 1.90. The lowest BCUT2D eigenvalue weighted by Crippen LogP contribution is -2.24. The van der Waals surface area contributed by atoms with Crippen LogP contribution < -0.4 is 5.32 Å². The third-order valence-corrected chi connectivity index (χ3v) is 3.42. The number of hydrogen-bond acceptors (Lipinski definition) is 2. The second kappa shape index (κ2) is 6.71. The van der Waals surface area contributed by atoms with E-state index in [2.05, 4.69) is 24.4 Å². The summed E-state index contributed by atoms with van der Waals surface area (Å²) in [5.74, 6) is 0. The van der Waals surface area contributed by atoms with Gasteiger partial charge in [-0.25, -0.2) is 0 Å². The number of hydrogen-bond donors (Lipinski definition) is 2. The smallest absolute Gasteiger partial charge is 0.0914 e. The van der Waals surface area contributed by atoms with Gasteiger partial charge in [0.1, 0.15) is 0 Å². The van der Waals surface area contributed by atoms with Crippen molar-refractivity contribution in [3.05, 3.63) is 70.7 Å². The van der Waals surface area contributed by atoms with Gasteiger partial charge in [-0.3, -0.25) is 0 Å². The standard InChI is InChI=1S/C16H18ClNO/c1-12(13-5-3-2-4-6-13)18-11-16(19)14-7-9-15(17)10-8-14/h2-10,12,16,18-19H,11H2,1H3/t12?,16-/m1/s1. The second-order valence-corrected chi connectivity index (χ2v) is 5.04. The van der Waals surface area contributed by atoms with Crippen LogP contribution in [0.4, 0.5) is 0 Å². The third kappa shape index (κ3) is 4.06. The second-order valence-electron chi connectivity index (χ2n) is 4.61. The number of halogens is 1. The molecular formula is C16H18ClNO. The lowest BCUT2D eigenvalue weighted by atomic mass is 10.1. The first-order valence-corrected chi connectivity index (χ1v) is 6.76. The molecule has 100 valence electrons. The average Bonchev–Trinajstić information content (AvgIpc) is 2.46. The third-order valence-electron chi connectivity index (χ3n) is 3.17. The first kappa shape index (κ1) is 14.1. The van der Waals surface area contributed by atoms with E-state index in [1.165, 1.54) is 5.56 Å². The zero-order chi connectivity index (χ0) is 13.7. The fourth-order valence-electron chi connectivity index (χ4n) is 1.95. The van der Waals surface area contributed by atoms with Crippen LogP contribution in [0.15, 0.2) is 54.6 Å². The van der Waals surface area contributed by atoms with Crippen molar-refractivity contribution in [3.8, 4) is 0 Å². The Kier molecular flexibility index (Phi) is 4.97. The van der Waals surface area contributed by atoms with Gasteiger partial charge >= 0.3 is 0 Å². The summed E-state index contributed by atoms with van der Waals surface area (Å²) in [6, 6.07) is 17.7. The predicted molar refractivity (Wildman–Crippen MR) is 79.3 cm³/mol. The first-order chi connectivity index (χ1) is 9.16. The molecule has 0 bridgehead atoms. The summed E-state index contributed by atoms with van der Waals surface area (Å²) in [6.07, 6.45) is -0.525. The van der Waals surface area contributed by atoms with Gasteiger partial charge in [0.2, 0.25) is 0 Å². The summed E-state index contributed by atoms with van der Waals surface area (Å²) in [6.45, 7) is 2.60. The molecule has 2 atom stereocenters. The van der Waals surface area contributed by atoms with Crippen LogP contribution in [0, 0.1) is 0 Å². The van der Waals surface area contributed by atoms with Gasteiger partial charge in [-0.2, -0.15) is 0 Å². The van der Waals surface area contributed by atoms with Crippen LogP contribution in [0.25, 0.3) is 0 Å². The highest BCUT2D eigenvalue weighted by atomic mass is 35.5.